The standard InChI is InChI=1S/C33H24N4/c1-23-9-8-14-29(35-23)33-32(28-17-15-24(16-18-28)25-19-21-34-22-20-25)36-30(26-10-4-2-5-11-26)31(37-33)27-12-6-3-7-13-27/h2-22H,1H3. The average molecular weight is 477 g/mol. The van der Waals surface area contributed by atoms with Crippen molar-refractivity contribution in [3.05, 3.63) is 133 Å². The molecule has 0 aliphatic carbocycles. The number of rotatable bonds is 5. The lowest BCUT2D eigenvalue weighted by atomic mass is 9.99. The minimum Gasteiger partial charge on any atom is -0.265 e. The lowest BCUT2D eigenvalue weighted by molar-refractivity contribution is 1.15. The molecule has 37 heavy (non-hydrogen) atoms. The first kappa shape index (κ1) is 22.5. The zero-order valence-electron chi connectivity index (χ0n) is 20.4. The zero-order chi connectivity index (χ0) is 25.0. The lowest BCUT2D eigenvalue weighted by Gasteiger charge is -2.16. The third kappa shape index (κ3) is 4.65. The van der Waals surface area contributed by atoms with Crippen LogP contribution in [0.15, 0.2) is 128 Å². The van der Waals surface area contributed by atoms with Crippen molar-refractivity contribution in [2.75, 3.05) is 0 Å². The molecule has 3 aromatic carbocycles. The van der Waals surface area contributed by atoms with Gasteiger partial charge in [-0.25, -0.2) is 9.97 Å². The fourth-order valence-corrected chi connectivity index (χ4v) is 4.45. The number of hydrogen-bond donors (Lipinski definition) is 0. The predicted molar refractivity (Wildman–Crippen MR) is 150 cm³/mol. The second-order valence-electron chi connectivity index (χ2n) is 8.83. The van der Waals surface area contributed by atoms with Crippen LogP contribution >= 0.6 is 0 Å². The third-order valence-corrected chi connectivity index (χ3v) is 6.29. The van der Waals surface area contributed by atoms with Crippen molar-refractivity contribution < 1.29 is 0 Å². The van der Waals surface area contributed by atoms with E-state index in [0.717, 1.165) is 62.0 Å². The smallest absolute Gasteiger partial charge is 0.116 e. The first-order valence-electron chi connectivity index (χ1n) is 12.2. The van der Waals surface area contributed by atoms with E-state index in [1.54, 1.807) is 0 Å². The molecule has 0 N–H and O–H groups in total. The Morgan fingerprint density at radius 1 is 0.378 bits per heavy atom. The van der Waals surface area contributed by atoms with Gasteiger partial charge in [-0.15, -0.1) is 0 Å². The van der Waals surface area contributed by atoms with E-state index in [1.807, 2.05) is 86.0 Å². The van der Waals surface area contributed by atoms with Crippen molar-refractivity contribution in [3.63, 3.8) is 0 Å². The number of hydrogen-bond acceptors (Lipinski definition) is 4. The average Bonchev–Trinajstić information content (AvgIpc) is 2.98. The lowest BCUT2D eigenvalue weighted by Crippen LogP contribution is -2.02. The predicted octanol–water partition coefficient (Wildman–Crippen LogP) is 7.91. The first-order chi connectivity index (χ1) is 18.3. The SMILES string of the molecule is Cc1cccc(-c2nc(-c3ccccc3)c(-c3ccccc3)nc2-c2ccc(-c3ccncc3)cc2)n1. The monoisotopic (exact) mass is 476 g/mol. The zero-order valence-corrected chi connectivity index (χ0v) is 20.4. The summed E-state index contributed by atoms with van der Waals surface area (Å²) in [6.07, 6.45) is 3.62. The van der Waals surface area contributed by atoms with Gasteiger partial charge in [0.25, 0.3) is 0 Å². The van der Waals surface area contributed by atoms with Gasteiger partial charge in [0, 0.05) is 34.8 Å². The van der Waals surface area contributed by atoms with Gasteiger partial charge >= 0.3 is 0 Å². The molecule has 0 atom stereocenters. The molecule has 0 bridgehead atoms. The maximum Gasteiger partial charge on any atom is 0.116 e. The van der Waals surface area contributed by atoms with Gasteiger partial charge in [-0.2, -0.15) is 0 Å². The minimum absolute atomic E-state index is 0.763. The molecular weight excluding hydrogens is 452 g/mol. The Balaban J connectivity index is 1.60. The second-order valence-corrected chi connectivity index (χ2v) is 8.83. The maximum absolute atomic E-state index is 5.29. The summed E-state index contributed by atoms with van der Waals surface area (Å²) >= 11 is 0. The summed E-state index contributed by atoms with van der Waals surface area (Å²) in [6, 6.07) is 39.0. The summed E-state index contributed by atoms with van der Waals surface area (Å²) in [7, 11) is 0. The number of aryl methyl sites for hydroxylation is 1. The van der Waals surface area contributed by atoms with Crippen molar-refractivity contribution in [1.29, 1.82) is 0 Å². The molecule has 0 saturated carbocycles. The summed E-state index contributed by atoms with van der Waals surface area (Å²) < 4.78 is 0. The molecule has 4 heteroatoms. The molecule has 0 spiro atoms. The number of benzene rings is 3. The Hall–Kier alpha value is -4.96. The van der Waals surface area contributed by atoms with Crippen molar-refractivity contribution in [3.8, 4) is 56.3 Å². The second kappa shape index (κ2) is 9.96. The summed E-state index contributed by atoms with van der Waals surface area (Å²) in [6.45, 7) is 2.00. The Labute approximate surface area is 216 Å². The molecule has 6 aromatic rings. The maximum atomic E-state index is 5.29. The van der Waals surface area contributed by atoms with Crippen molar-refractivity contribution in [2.45, 2.75) is 6.92 Å². The van der Waals surface area contributed by atoms with Crippen LogP contribution in [0.1, 0.15) is 5.69 Å². The van der Waals surface area contributed by atoms with Gasteiger partial charge in [-0.05, 0) is 42.3 Å². The van der Waals surface area contributed by atoms with E-state index in [4.69, 9.17) is 15.0 Å². The van der Waals surface area contributed by atoms with Crippen LogP contribution in [0, 0.1) is 6.92 Å². The van der Waals surface area contributed by atoms with E-state index in [-0.39, 0.29) is 0 Å². The van der Waals surface area contributed by atoms with Crippen LogP contribution < -0.4 is 0 Å². The summed E-state index contributed by atoms with van der Waals surface area (Å²) in [5.74, 6) is 0. The highest BCUT2D eigenvalue weighted by Gasteiger charge is 2.20. The van der Waals surface area contributed by atoms with Crippen LogP contribution in [-0.2, 0) is 0 Å². The largest absolute Gasteiger partial charge is 0.265 e. The van der Waals surface area contributed by atoms with Crippen molar-refractivity contribution in [1.82, 2.24) is 19.9 Å². The summed E-state index contributed by atoms with van der Waals surface area (Å²) in [4.78, 5) is 19.5. The Morgan fingerprint density at radius 3 is 1.46 bits per heavy atom. The van der Waals surface area contributed by atoms with Crippen LogP contribution in [0.5, 0.6) is 0 Å². The number of aromatic nitrogens is 4. The van der Waals surface area contributed by atoms with E-state index < -0.39 is 0 Å². The highest BCUT2D eigenvalue weighted by atomic mass is 14.9. The van der Waals surface area contributed by atoms with Gasteiger partial charge in [0.2, 0.25) is 0 Å². The molecule has 0 aliphatic heterocycles. The Bertz CT molecular complexity index is 1650. The summed E-state index contributed by atoms with van der Waals surface area (Å²) in [5.41, 5.74) is 10.3. The summed E-state index contributed by atoms with van der Waals surface area (Å²) in [5, 5.41) is 0. The van der Waals surface area contributed by atoms with Crippen LogP contribution in [-0.4, -0.2) is 19.9 Å². The fourth-order valence-electron chi connectivity index (χ4n) is 4.45. The molecule has 0 fully saturated rings. The molecule has 0 radical (unpaired) electrons. The molecule has 176 valence electrons. The van der Waals surface area contributed by atoms with Gasteiger partial charge in [0.15, 0.2) is 0 Å². The van der Waals surface area contributed by atoms with Crippen LogP contribution in [0.3, 0.4) is 0 Å². The van der Waals surface area contributed by atoms with Gasteiger partial charge < -0.3 is 0 Å². The molecule has 0 unspecified atom stereocenters. The number of nitrogens with zero attached hydrogens (tertiary/aromatic N) is 4. The molecule has 3 aromatic heterocycles. The highest BCUT2D eigenvalue weighted by molar-refractivity contribution is 5.86. The quantitative estimate of drug-likeness (QED) is 0.254. The molecule has 0 saturated heterocycles. The van der Waals surface area contributed by atoms with Crippen LogP contribution in [0.2, 0.25) is 0 Å². The topological polar surface area (TPSA) is 51.6 Å². The van der Waals surface area contributed by atoms with Crippen LogP contribution in [0.25, 0.3) is 56.3 Å². The Kier molecular flexibility index (Phi) is 6.05. The van der Waals surface area contributed by atoms with Crippen molar-refractivity contribution >= 4 is 0 Å². The normalized spacial score (nSPS) is 10.8. The van der Waals surface area contributed by atoms with Gasteiger partial charge in [-0.1, -0.05) is 91.0 Å². The molecular formula is C33H24N4. The fraction of sp³-hybridized carbons (Fsp3) is 0.0303. The van der Waals surface area contributed by atoms with E-state index in [2.05, 4.69) is 53.5 Å². The first-order valence-corrected chi connectivity index (χ1v) is 12.2. The van der Waals surface area contributed by atoms with E-state index >= 15 is 0 Å². The molecule has 0 amide bonds. The van der Waals surface area contributed by atoms with E-state index in [9.17, 15) is 0 Å². The van der Waals surface area contributed by atoms with E-state index in [0.29, 0.717) is 0 Å². The van der Waals surface area contributed by atoms with E-state index in [1.165, 1.54) is 0 Å². The van der Waals surface area contributed by atoms with Gasteiger partial charge in [-0.3, -0.25) is 9.97 Å². The molecule has 6 rings (SSSR count). The Morgan fingerprint density at radius 2 is 0.865 bits per heavy atom. The molecule has 3 heterocycles. The minimum atomic E-state index is 0.763. The van der Waals surface area contributed by atoms with Crippen LogP contribution in [0.4, 0.5) is 0 Å². The van der Waals surface area contributed by atoms with Gasteiger partial charge in [0.05, 0.1) is 22.8 Å². The van der Waals surface area contributed by atoms with Gasteiger partial charge in [0.1, 0.15) is 5.69 Å². The molecule has 0 aliphatic rings. The number of pyridine rings is 2. The highest BCUT2D eigenvalue weighted by Crippen LogP contribution is 2.37. The van der Waals surface area contributed by atoms with Crippen molar-refractivity contribution in [2.24, 2.45) is 0 Å². The third-order valence-electron chi connectivity index (χ3n) is 6.29. The molecule has 4 nitrogen and oxygen atoms in total.